The van der Waals surface area contributed by atoms with E-state index in [1.807, 2.05) is 31.2 Å². The normalized spacial score (nSPS) is 26.1. The van der Waals surface area contributed by atoms with E-state index >= 15 is 0 Å². The van der Waals surface area contributed by atoms with Gasteiger partial charge < -0.3 is 0 Å². The predicted molar refractivity (Wildman–Crippen MR) is 71.1 cm³/mol. The Balaban J connectivity index is 2.50. The minimum Gasteiger partial charge on any atom is -0.196 e. The van der Waals surface area contributed by atoms with Crippen molar-refractivity contribution in [3.05, 3.63) is 23.3 Å². The molecule has 0 heterocycles. The number of allylic oxidation sites excluding steroid dienone is 4. The van der Waals surface area contributed by atoms with Crippen LogP contribution in [-0.4, -0.2) is 0 Å². The topological polar surface area (TPSA) is 95.2 Å². The van der Waals surface area contributed by atoms with E-state index in [4.69, 9.17) is 0 Å². The molecule has 0 aromatic heterocycles. The molecular formula is C16H14N4. The van der Waals surface area contributed by atoms with Crippen LogP contribution in [0.15, 0.2) is 23.3 Å². The highest BCUT2D eigenvalue weighted by Crippen LogP contribution is 2.63. The van der Waals surface area contributed by atoms with Crippen LogP contribution in [0.1, 0.15) is 32.6 Å². The van der Waals surface area contributed by atoms with Crippen molar-refractivity contribution in [2.24, 2.45) is 16.7 Å². The summed E-state index contributed by atoms with van der Waals surface area (Å²) in [6.45, 7) is 1.97. The Hall–Kier alpha value is -2.56. The Kier molecular flexibility index (Phi) is 3.36. The monoisotopic (exact) mass is 262 g/mol. The molecule has 0 aromatic rings. The first-order valence-electron chi connectivity index (χ1n) is 6.63. The van der Waals surface area contributed by atoms with Crippen molar-refractivity contribution >= 4 is 0 Å². The molecule has 1 atom stereocenters. The molecule has 1 saturated carbocycles. The molecule has 4 heteroatoms. The molecule has 2 aliphatic rings. The van der Waals surface area contributed by atoms with Crippen LogP contribution in [-0.2, 0) is 0 Å². The second-order valence-corrected chi connectivity index (χ2v) is 5.39. The lowest BCUT2D eigenvalue weighted by molar-refractivity contribution is 0.0638. The maximum atomic E-state index is 9.47. The Bertz CT molecular complexity index is 627. The van der Waals surface area contributed by atoms with E-state index < -0.39 is 10.8 Å². The zero-order chi connectivity index (χ0) is 14.8. The predicted octanol–water partition coefficient (Wildman–Crippen LogP) is 3.13. The van der Waals surface area contributed by atoms with Crippen LogP contribution in [0.3, 0.4) is 0 Å². The van der Waals surface area contributed by atoms with Crippen molar-refractivity contribution in [2.75, 3.05) is 0 Å². The van der Waals surface area contributed by atoms with Crippen LogP contribution in [0.5, 0.6) is 0 Å². The van der Waals surface area contributed by atoms with Gasteiger partial charge in [-0.15, -0.1) is 0 Å². The summed E-state index contributed by atoms with van der Waals surface area (Å²) < 4.78 is 0. The van der Waals surface area contributed by atoms with Gasteiger partial charge in [0, 0.05) is 5.92 Å². The van der Waals surface area contributed by atoms with Gasteiger partial charge in [0.05, 0.1) is 24.3 Å². The molecule has 0 amide bonds. The van der Waals surface area contributed by atoms with Crippen LogP contribution in [0, 0.1) is 62.1 Å². The van der Waals surface area contributed by atoms with Gasteiger partial charge in [0.25, 0.3) is 0 Å². The van der Waals surface area contributed by atoms with Gasteiger partial charge in [0.1, 0.15) is 0 Å². The molecule has 0 saturated heterocycles. The fourth-order valence-corrected chi connectivity index (χ4v) is 3.18. The average molecular weight is 262 g/mol. The van der Waals surface area contributed by atoms with E-state index in [-0.39, 0.29) is 12.3 Å². The molecule has 0 radical (unpaired) electrons. The number of hydrogen-bond acceptors (Lipinski definition) is 4. The summed E-state index contributed by atoms with van der Waals surface area (Å²) in [4.78, 5) is 0. The Morgan fingerprint density at radius 2 is 1.60 bits per heavy atom. The minimum absolute atomic E-state index is 0.262. The van der Waals surface area contributed by atoms with Gasteiger partial charge in [-0.05, 0) is 38.2 Å². The lowest BCUT2D eigenvalue weighted by atomic mass is 9.43. The zero-order valence-corrected chi connectivity index (χ0v) is 11.3. The van der Waals surface area contributed by atoms with Gasteiger partial charge in [-0.3, -0.25) is 0 Å². The van der Waals surface area contributed by atoms with Gasteiger partial charge >= 0.3 is 0 Å². The van der Waals surface area contributed by atoms with Crippen LogP contribution in [0.4, 0.5) is 0 Å². The first kappa shape index (κ1) is 13.9. The Labute approximate surface area is 118 Å². The third kappa shape index (κ3) is 1.56. The molecule has 1 fully saturated rings. The highest BCUT2D eigenvalue weighted by Gasteiger charge is 2.70. The summed E-state index contributed by atoms with van der Waals surface area (Å²) in [6, 6.07) is 7.75. The third-order valence-electron chi connectivity index (χ3n) is 4.49. The summed E-state index contributed by atoms with van der Waals surface area (Å²) >= 11 is 0. The molecule has 2 rings (SSSR count). The van der Waals surface area contributed by atoms with E-state index in [1.54, 1.807) is 0 Å². The fraction of sp³-hybridized carbons (Fsp3) is 0.500. The molecule has 2 aliphatic carbocycles. The van der Waals surface area contributed by atoms with Crippen molar-refractivity contribution in [3.63, 3.8) is 0 Å². The van der Waals surface area contributed by atoms with Gasteiger partial charge in [0.15, 0.2) is 10.8 Å². The van der Waals surface area contributed by atoms with Crippen molar-refractivity contribution in [1.29, 1.82) is 21.0 Å². The Morgan fingerprint density at radius 3 is 2.15 bits per heavy atom. The van der Waals surface area contributed by atoms with Crippen LogP contribution >= 0.6 is 0 Å². The highest BCUT2D eigenvalue weighted by molar-refractivity contribution is 5.50. The molecule has 4 nitrogen and oxygen atoms in total. The molecular weight excluding hydrogens is 248 g/mol. The molecule has 0 aromatic carbocycles. The lowest BCUT2D eigenvalue weighted by Gasteiger charge is -2.49. The molecule has 20 heavy (non-hydrogen) atoms. The van der Waals surface area contributed by atoms with Crippen molar-refractivity contribution in [2.45, 2.75) is 32.6 Å². The molecule has 1 unspecified atom stereocenters. The molecule has 0 spiro atoms. The van der Waals surface area contributed by atoms with Crippen molar-refractivity contribution < 1.29 is 0 Å². The maximum absolute atomic E-state index is 9.47. The standard InChI is InChI=1S/C16H14N4/c1-12-5-3-2-4-6-13(12)14-7-15(8-17,9-18)16(14,10-19)11-20/h5-6,14H,2-4,7H2,1H3. The van der Waals surface area contributed by atoms with Crippen LogP contribution < -0.4 is 0 Å². The molecule has 0 bridgehead atoms. The number of nitriles is 4. The maximum Gasteiger partial charge on any atom is 0.182 e. The SMILES string of the molecule is CC1=CCCCC=C1C1CC(C#N)(C#N)C1(C#N)C#N. The van der Waals surface area contributed by atoms with Gasteiger partial charge in [-0.25, -0.2) is 0 Å². The largest absolute Gasteiger partial charge is 0.196 e. The average Bonchev–Trinajstić information content (AvgIpc) is 2.66. The second kappa shape index (κ2) is 4.85. The summed E-state index contributed by atoms with van der Waals surface area (Å²) in [5.74, 6) is -0.342. The van der Waals surface area contributed by atoms with E-state index in [2.05, 4.69) is 12.2 Å². The fourth-order valence-electron chi connectivity index (χ4n) is 3.18. The van der Waals surface area contributed by atoms with Gasteiger partial charge in [-0.1, -0.05) is 17.7 Å². The number of rotatable bonds is 1. The smallest absolute Gasteiger partial charge is 0.182 e. The molecule has 0 N–H and O–H groups in total. The zero-order valence-electron chi connectivity index (χ0n) is 11.3. The minimum atomic E-state index is -1.55. The molecule has 0 aliphatic heterocycles. The van der Waals surface area contributed by atoms with Crippen molar-refractivity contribution in [1.82, 2.24) is 0 Å². The lowest BCUT2D eigenvalue weighted by Crippen LogP contribution is -2.56. The second-order valence-electron chi connectivity index (χ2n) is 5.39. The number of nitrogens with zero attached hydrogens (tertiary/aromatic N) is 4. The first-order valence-corrected chi connectivity index (χ1v) is 6.63. The van der Waals surface area contributed by atoms with E-state index in [1.165, 1.54) is 0 Å². The summed E-state index contributed by atoms with van der Waals surface area (Å²) in [5.41, 5.74) is -1.03. The molecule has 98 valence electrons. The van der Waals surface area contributed by atoms with Gasteiger partial charge in [0.2, 0.25) is 0 Å². The third-order valence-corrected chi connectivity index (χ3v) is 4.49. The number of hydrogen-bond donors (Lipinski definition) is 0. The first-order chi connectivity index (χ1) is 9.60. The van der Waals surface area contributed by atoms with E-state index in [0.717, 1.165) is 30.4 Å². The van der Waals surface area contributed by atoms with Crippen LogP contribution in [0.25, 0.3) is 0 Å². The quantitative estimate of drug-likeness (QED) is 0.725. The van der Waals surface area contributed by atoms with Gasteiger partial charge in [-0.2, -0.15) is 21.0 Å². The Morgan fingerprint density at radius 1 is 1.00 bits per heavy atom. The van der Waals surface area contributed by atoms with E-state index in [9.17, 15) is 21.0 Å². The summed E-state index contributed by atoms with van der Waals surface area (Å²) in [5, 5.41) is 37.5. The van der Waals surface area contributed by atoms with E-state index in [0.29, 0.717) is 0 Å². The summed E-state index contributed by atoms with van der Waals surface area (Å²) in [6.07, 6.45) is 7.35. The highest BCUT2D eigenvalue weighted by atomic mass is 14.7. The van der Waals surface area contributed by atoms with Crippen LogP contribution in [0.2, 0.25) is 0 Å². The summed E-state index contributed by atoms with van der Waals surface area (Å²) in [7, 11) is 0. The van der Waals surface area contributed by atoms with Crippen molar-refractivity contribution in [3.8, 4) is 24.3 Å².